The van der Waals surface area contributed by atoms with Crippen molar-refractivity contribution in [3.8, 4) is 11.5 Å². The molecule has 3 nitrogen and oxygen atoms in total. The maximum atomic E-state index is 5.98. The van der Waals surface area contributed by atoms with Gasteiger partial charge in [0.05, 0.1) is 10.2 Å². The second kappa shape index (κ2) is 6.86. The number of aromatic nitrogens is 1. The molecule has 0 aliphatic carbocycles. The van der Waals surface area contributed by atoms with Crippen LogP contribution in [0.25, 0.3) is 0 Å². The summed E-state index contributed by atoms with van der Waals surface area (Å²) in [6.07, 6.45) is 1.71. The van der Waals surface area contributed by atoms with Crippen molar-refractivity contribution in [2.24, 2.45) is 5.73 Å². The van der Waals surface area contributed by atoms with Crippen LogP contribution in [0.4, 0.5) is 0 Å². The highest BCUT2D eigenvalue weighted by molar-refractivity contribution is 9.10. The molecule has 0 saturated heterocycles. The lowest BCUT2D eigenvalue weighted by atomic mass is 10.1. The van der Waals surface area contributed by atoms with E-state index in [9.17, 15) is 0 Å². The van der Waals surface area contributed by atoms with Crippen molar-refractivity contribution < 1.29 is 4.74 Å². The van der Waals surface area contributed by atoms with Crippen molar-refractivity contribution in [3.05, 3.63) is 51.8 Å². The molecule has 0 aliphatic rings. The standard InChI is InChI=1S/C16H19BrN2O/c1-3-14-16(6-4-11(2)19-14)20-15-7-5-12(8-9-18)10-13(15)17/h4-7,10H,3,8-9,18H2,1-2H3. The van der Waals surface area contributed by atoms with E-state index in [1.807, 2.05) is 31.2 Å². The first-order valence-electron chi connectivity index (χ1n) is 6.77. The van der Waals surface area contributed by atoms with Gasteiger partial charge in [-0.3, -0.25) is 4.98 Å². The van der Waals surface area contributed by atoms with Gasteiger partial charge in [-0.25, -0.2) is 0 Å². The molecule has 106 valence electrons. The summed E-state index contributed by atoms with van der Waals surface area (Å²) in [5, 5.41) is 0. The molecule has 0 saturated carbocycles. The average molecular weight is 335 g/mol. The number of benzene rings is 1. The van der Waals surface area contributed by atoms with Crippen LogP contribution in [-0.4, -0.2) is 11.5 Å². The Morgan fingerprint density at radius 2 is 1.95 bits per heavy atom. The van der Waals surface area contributed by atoms with Crippen LogP contribution in [0.3, 0.4) is 0 Å². The topological polar surface area (TPSA) is 48.1 Å². The van der Waals surface area contributed by atoms with E-state index in [0.717, 1.165) is 40.2 Å². The van der Waals surface area contributed by atoms with Crippen LogP contribution >= 0.6 is 15.9 Å². The van der Waals surface area contributed by atoms with E-state index < -0.39 is 0 Å². The molecule has 4 heteroatoms. The first-order chi connectivity index (χ1) is 9.63. The molecule has 0 unspecified atom stereocenters. The van der Waals surface area contributed by atoms with Crippen LogP contribution in [0.15, 0.2) is 34.8 Å². The van der Waals surface area contributed by atoms with Crippen molar-refractivity contribution in [2.75, 3.05) is 6.54 Å². The molecule has 0 fully saturated rings. The lowest BCUT2D eigenvalue weighted by Gasteiger charge is -2.12. The zero-order chi connectivity index (χ0) is 14.5. The van der Waals surface area contributed by atoms with Gasteiger partial charge in [0, 0.05) is 5.69 Å². The number of hydrogen-bond donors (Lipinski definition) is 1. The van der Waals surface area contributed by atoms with E-state index in [1.165, 1.54) is 5.56 Å². The third-order valence-electron chi connectivity index (χ3n) is 3.06. The lowest BCUT2D eigenvalue weighted by Crippen LogP contribution is -2.02. The number of ether oxygens (including phenoxy) is 1. The summed E-state index contributed by atoms with van der Waals surface area (Å²) in [4.78, 5) is 4.51. The predicted octanol–water partition coefficient (Wildman–Crippen LogP) is 4.01. The average Bonchev–Trinajstić information content (AvgIpc) is 2.43. The molecule has 0 spiro atoms. The van der Waals surface area contributed by atoms with Crippen molar-refractivity contribution in [1.82, 2.24) is 4.98 Å². The third-order valence-corrected chi connectivity index (χ3v) is 3.68. The van der Waals surface area contributed by atoms with Crippen LogP contribution in [0, 0.1) is 6.92 Å². The number of aryl methyl sites for hydroxylation is 2. The van der Waals surface area contributed by atoms with E-state index >= 15 is 0 Å². The molecule has 0 bridgehead atoms. The Morgan fingerprint density at radius 3 is 2.60 bits per heavy atom. The van der Waals surface area contributed by atoms with Gasteiger partial charge in [0.25, 0.3) is 0 Å². The van der Waals surface area contributed by atoms with Gasteiger partial charge in [-0.05, 0) is 72.1 Å². The molecule has 1 aromatic heterocycles. The molecule has 2 N–H and O–H groups in total. The van der Waals surface area contributed by atoms with Crippen LogP contribution in [-0.2, 0) is 12.8 Å². The fraction of sp³-hybridized carbons (Fsp3) is 0.312. The second-order valence-corrected chi connectivity index (χ2v) is 5.51. The van der Waals surface area contributed by atoms with E-state index in [2.05, 4.69) is 33.9 Å². The molecular formula is C16H19BrN2O. The molecule has 0 radical (unpaired) electrons. The van der Waals surface area contributed by atoms with Gasteiger partial charge < -0.3 is 10.5 Å². The second-order valence-electron chi connectivity index (χ2n) is 4.66. The molecule has 0 amide bonds. The van der Waals surface area contributed by atoms with Crippen LogP contribution in [0.2, 0.25) is 0 Å². The Morgan fingerprint density at radius 1 is 1.20 bits per heavy atom. The van der Waals surface area contributed by atoms with Crippen LogP contribution in [0.1, 0.15) is 23.9 Å². The number of nitrogens with two attached hydrogens (primary N) is 1. The Kier molecular flexibility index (Phi) is 5.15. The largest absolute Gasteiger partial charge is 0.454 e. The van der Waals surface area contributed by atoms with E-state index in [4.69, 9.17) is 10.5 Å². The minimum absolute atomic E-state index is 0.647. The van der Waals surface area contributed by atoms with Gasteiger partial charge in [-0.1, -0.05) is 13.0 Å². The number of pyridine rings is 1. The molecule has 0 atom stereocenters. The third kappa shape index (κ3) is 3.58. The van der Waals surface area contributed by atoms with E-state index in [0.29, 0.717) is 6.54 Å². The van der Waals surface area contributed by atoms with Crippen molar-refractivity contribution in [3.63, 3.8) is 0 Å². The first-order valence-corrected chi connectivity index (χ1v) is 7.56. The molecule has 2 aromatic rings. The van der Waals surface area contributed by atoms with Gasteiger partial charge >= 0.3 is 0 Å². The van der Waals surface area contributed by atoms with Crippen LogP contribution < -0.4 is 10.5 Å². The highest BCUT2D eigenvalue weighted by atomic mass is 79.9. The SMILES string of the molecule is CCc1nc(C)ccc1Oc1ccc(CCN)cc1Br. The number of rotatable bonds is 5. The van der Waals surface area contributed by atoms with E-state index in [-0.39, 0.29) is 0 Å². The van der Waals surface area contributed by atoms with E-state index in [1.54, 1.807) is 0 Å². The number of hydrogen-bond acceptors (Lipinski definition) is 3. The van der Waals surface area contributed by atoms with Gasteiger partial charge in [0.1, 0.15) is 11.5 Å². The lowest BCUT2D eigenvalue weighted by molar-refractivity contribution is 0.469. The van der Waals surface area contributed by atoms with Crippen molar-refractivity contribution >= 4 is 15.9 Å². The van der Waals surface area contributed by atoms with Gasteiger partial charge in [-0.2, -0.15) is 0 Å². The normalized spacial score (nSPS) is 10.6. The Balaban J connectivity index is 2.26. The maximum absolute atomic E-state index is 5.98. The highest BCUT2D eigenvalue weighted by Gasteiger charge is 2.08. The number of nitrogens with zero attached hydrogens (tertiary/aromatic N) is 1. The monoisotopic (exact) mass is 334 g/mol. The van der Waals surface area contributed by atoms with Gasteiger partial charge in [0.15, 0.2) is 0 Å². The molecule has 2 rings (SSSR count). The Hall–Kier alpha value is -1.39. The highest BCUT2D eigenvalue weighted by Crippen LogP contribution is 2.32. The smallest absolute Gasteiger partial charge is 0.148 e. The quantitative estimate of drug-likeness (QED) is 0.898. The summed E-state index contributed by atoms with van der Waals surface area (Å²) >= 11 is 3.55. The molecule has 1 heterocycles. The zero-order valence-electron chi connectivity index (χ0n) is 11.8. The Bertz CT molecular complexity index is 599. The minimum Gasteiger partial charge on any atom is -0.454 e. The zero-order valence-corrected chi connectivity index (χ0v) is 13.4. The predicted molar refractivity (Wildman–Crippen MR) is 85.3 cm³/mol. The fourth-order valence-electron chi connectivity index (χ4n) is 2.01. The summed E-state index contributed by atoms with van der Waals surface area (Å²) in [5.74, 6) is 1.61. The first kappa shape index (κ1) is 15.0. The Labute approximate surface area is 128 Å². The summed E-state index contributed by atoms with van der Waals surface area (Å²) in [7, 11) is 0. The molecule has 1 aromatic carbocycles. The van der Waals surface area contributed by atoms with Gasteiger partial charge in [0.2, 0.25) is 0 Å². The molecular weight excluding hydrogens is 316 g/mol. The molecule has 20 heavy (non-hydrogen) atoms. The van der Waals surface area contributed by atoms with Crippen LogP contribution in [0.5, 0.6) is 11.5 Å². The maximum Gasteiger partial charge on any atom is 0.148 e. The fourth-order valence-corrected chi connectivity index (χ4v) is 2.52. The van der Waals surface area contributed by atoms with Crippen molar-refractivity contribution in [1.29, 1.82) is 0 Å². The number of halogens is 1. The molecule has 0 aliphatic heterocycles. The summed E-state index contributed by atoms with van der Waals surface area (Å²) in [5.41, 5.74) is 8.75. The summed E-state index contributed by atoms with van der Waals surface area (Å²) in [6, 6.07) is 10.00. The van der Waals surface area contributed by atoms with Crippen molar-refractivity contribution in [2.45, 2.75) is 26.7 Å². The summed E-state index contributed by atoms with van der Waals surface area (Å²) in [6.45, 7) is 4.71. The van der Waals surface area contributed by atoms with Gasteiger partial charge in [-0.15, -0.1) is 0 Å². The summed E-state index contributed by atoms with van der Waals surface area (Å²) < 4.78 is 6.91. The minimum atomic E-state index is 0.647.